The minimum Gasteiger partial charge on any atom is -0.490 e. The molecule has 0 aliphatic carbocycles. The Labute approximate surface area is 141 Å². The number of para-hydroxylation sites is 1. The molecule has 0 saturated heterocycles. The zero-order valence-electron chi connectivity index (χ0n) is 13.3. The van der Waals surface area contributed by atoms with Crippen LogP contribution in [-0.4, -0.2) is 19.2 Å². The van der Waals surface area contributed by atoms with Crippen molar-refractivity contribution in [2.24, 2.45) is 0 Å². The fraction of sp³-hybridized carbons (Fsp3) is 0.278. The minimum atomic E-state index is -0.259. The topological polar surface area (TPSA) is 50.4 Å². The first kappa shape index (κ1) is 17.2. The summed E-state index contributed by atoms with van der Waals surface area (Å²) in [6.45, 7) is 5.01. The Morgan fingerprint density at radius 1 is 1.13 bits per heavy atom. The number of amides is 2. The predicted octanol–water partition coefficient (Wildman–Crippen LogP) is 4.66. The van der Waals surface area contributed by atoms with Crippen LogP contribution >= 0.6 is 11.6 Å². The second-order valence-electron chi connectivity index (χ2n) is 5.44. The third-order valence-electron chi connectivity index (χ3n) is 3.32. The van der Waals surface area contributed by atoms with Crippen LogP contribution in [0.15, 0.2) is 48.5 Å². The molecular formula is C18H21ClN2O2. The van der Waals surface area contributed by atoms with Gasteiger partial charge in [0.15, 0.2) is 0 Å². The lowest BCUT2D eigenvalue weighted by atomic mass is 10.0. The van der Waals surface area contributed by atoms with Crippen LogP contribution in [0.2, 0.25) is 5.02 Å². The molecule has 23 heavy (non-hydrogen) atoms. The Bertz CT molecular complexity index is 642. The highest BCUT2D eigenvalue weighted by molar-refractivity contribution is 6.32. The van der Waals surface area contributed by atoms with Crippen LogP contribution in [0.5, 0.6) is 5.75 Å². The number of carbonyl (C=O) groups excluding carboxylic acids is 1. The molecule has 0 heterocycles. The SMILES string of the molecule is CC(C)c1ccc(NC(=O)NCCOc2ccccc2Cl)cc1. The number of hydrogen-bond donors (Lipinski definition) is 2. The summed E-state index contributed by atoms with van der Waals surface area (Å²) in [6.07, 6.45) is 0. The lowest BCUT2D eigenvalue weighted by Crippen LogP contribution is -2.32. The summed E-state index contributed by atoms with van der Waals surface area (Å²) in [7, 11) is 0. The third-order valence-corrected chi connectivity index (χ3v) is 3.63. The molecule has 2 rings (SSSR count). The number of urea groups is 1. The molecule has 0 bridgehead atoms. The molecule has 0 atom stereocenters. The van der Waals surface area contributed by atoms with Crippen molar-refractivity contribution in [3.05, 3.63) is 59.1 Å². The Morgan fingerprint density at radius 3 is 2.48 bits per heavy atom. The monoisotopic (exact) mass is 332 g/mol. The lowest BCUT2D eigenvalue weighted by Gasteiger charge is -2.11. The van der Waals surface area contributed by atoms with Gasteiger partial charge in [-0.05, 0) is 35.7 Å². The van der Waals surface area contributed by atoms with Gasteiger partial charge in [0.05, 0.1) is 11.6 Å². The van der Waals surface area contributed by atoms with E-state index in [2.05, 4.69) is 24.5 Å². The largest absolute Gasteiger partial charge is 0.490 e. The van der Waals surface area contributed by atoms with Crippen molar-refractivity contribution in [1.29, 1.82) is 0 Å². The molecule has 0 radical (unpaired) electrons. The van der Waals surface area contributed by atoms with Gasteiger partial charge < -0.3 is 15.4 Å². The molecule has 2 aromatic carbocycles. The second-order valence-corrected chi connectivity index (χ2v) is 5.84. The van der Waals surface area contributed by atoms with E-state index in [-0.39, 0.29) is 6.03 Å². The van der Waals surface area contributed by atoms with Gasteiger partial charge in [-0.3, -0.25) is 0 Å². The Morgan fingerprint density at radius 2 is 1.83 bits per heavy atom. The number of benzene rings is 2. The average Bonchev–Trinajstić information content (AvgIpc) is 2.53. The molecule has 5 heteroatoms. The quantitative estimate of drug-likeness (QED) is 0.755. The van der Waals surface area contributed by atoms with Crippen LogP contribution in [-0.2, 0) is 0 Å². The van der Waals surface area contributed by atoms with E-state index >= 15 is 0 Å². The fourth-order valence-corrected chi connectivity index (χ4v) is 2.20. The van der Waals surface area contributed by atoms with E-state index in [1.165, 1.54) is 5.56 Å². The van der Waals surface area contributed by atoms with E-state index in [4.69, 9.17) is 16.3 Å². The Hall–Kier alpha value is -2.20. The highest BCUT2D eigenvalue weighted by Crippen LogP contribution is 2.22. The maximum Gasteiger partial charge on any atom is 0.319 e. The Balaban J connectivity index is 1.72. The van der Waals surface area contributed by atoms with Gasteiger partial charge in [-0.1, -0.05) is 49.7 Å². The molecule has 2 N–H and O–H groups in total. The molecule has 2 aromatic rings. The van der Waals surface area contributed by atoms with Crippen LogP contribution in [0, 0.1) is 0 Å². The molecule has 4 nitrogen and oxygen atoms in total. The maximum absolute atomic E-state index is 11.8. The predicted molar refractivity (Wildman–Crippen MR) is 94.5 cm³/mol. The summed E-state index contributed by atoms with van der Waals surface area (Å²) in [5, 5.41) is 6.08. The molecule has 0 fully saturated rings. The fourth-order valence-electron chi connectivity index (χ4n) is 2.01. The van der Waals surface area contributed by atoms with Gasteiger partial charge in [-0.2, -0.15) is 0 Å². The van der Waals surface area contributed by atoms with Crippen molar-refractivity contribution in [2.45, 2.75) is 19.8 Å². The summed E-state index contributed by atoms with van der Waals surface area (Å²) < 4.78 is 5.51. The first-order valence-corrected chi connectivity index (χ1v) is 7.96. The number of nitrogens with one attached hydrogen (secondary N) is 2. The second kappa shape index (κ2) is 8.44. The zero-order valence-corrected chi connectivity index (χ0v) is 14.1. The maximum atomic E-state index is 11.8. The van der Waals surface area contributed by atoms with Crippen molar-refractivity contribution in [1.82, 2.24) is 5.32 Å². The van der Waals surface area contributed by atoms with Gasteiger partial charge in [-0.25, -0.2) is 4.79 Å². The van der Waals surface area contributed by atoms with E-state index in [0.717, 1.165) is 5.69 Å². The molecule has 122 valence electrons. The summed E-state index contributed by atoms with van der Waals surface area (Å²) in [6, 6.07) is 14.8. The number of hydrogen-bond acceptors (Lipinski definition) is 2. The molecule has 0 unspecified atom stereocenters. The van der Waals surface area contributed by atoms with Crippen molar-refractivity contribution >= 4 is 23.3 Å². The van der Waals surface area contributed by atoms with Crippen molar-refractivity contribution in [2.75, 3.05) is 18.5 Å². The van der Waals surface area contributed by atoms with Crippen molar-refractivity contribution in [3.8, 4) is 5.75 Å². The van der Waals surface area contributed by atoms with Gasteiger partial charge >= 0.3 is 6.03 Å². The van der Waals surface area contributed by atoms with Crippen LogP contribution in [0.3, 0.4) is 0 Å². The number of anilines is 1. The van der Waals surface area contributed by atoms with Gasteiger partial charge in [0, 0.05) is 5.69 Å². The lowest BCUT2D eigenvalue weighted by molar-refractivity contribution is 0.247. The highest BCUT2D eigenvalue weighted by Gasteiger charge is 2.04. The van der Waals surface area contributed by atoms with E-state index < -0.39 is 0 Å². The van der Waals surface area contributed by atoms with Gasteiger partial charge in [-0.15, -0.1) is 0 Å². The van der Waals surface area contributed by atoms with Gasteiger partial charge in [0.1, 0.15) is 12.4 Å². The van der Waals surface area contributed by atoms with E-state index in [0.29, 0.717) is 29.8 Å². The summed E-state index contributed by atoms with van der Waals surface area (Å²) in [4.78, 5) is 11.8. The van der Waals surface area contributed by atoms with Gasteiger partial charge in [0.25, 0.3) is 0 Å². The van der Waals surface area contributed by atoms with Crippen molar-refractivity contribution < 1.29 is 9.53 Å². The zero-order chi connectivity index (χ0) is 16.7. The van der Waals surface area contributed by atoms with E-state index in [9.17, 15) is 4.79 Å². The van der Waals surface area contributed by atoms with Crippen LogP contribution in [0.4, 0.5) is 10.5 Å². The van der Waals surface area contributed by atoms with E-state index in [1.54, 1.807) is 12.1 Å². The molecule has 0 spiro atoms. The normalized spacial score (nSPS) is 10.4. The highest BCUT2D eigenvalue weighted by atomic mass is 35.5. The number of halogens is 1. The minimum absolute atomic E-state index is 0.259. The molecule has 0 aliphatic heterocycles. The molecule has 2 amide bonds. The van der Waals surface area contributed by atoms with Crippen molar-refractivity contribution in [3.63, 3.8) is 0 Å². The molecular weight excluding hydrogens is 312 g/mol. The van der Waals surface area contributed by atoms with E-state index in [1.807, 2.05) is 36.4 Å². The standard InChI is InChI=1S/C18H21ClN2O2/c1-13(2)14-7-9-15(10-8-14)21-18(22)20-11-12-23-17-6-4-3-5-16(17)19/h3-10,13H,11-12H2,1-2H3,(H2,20,21,22). The smallest absolute Gasteiger partial charge is 0.319 e. The average molecular weight is 333 g/mol. The first-order valence-electron chi connectivity index (χ1n) is 7.58. The summed E-state index contributed by atoms with van der Waals surface area (Å²) in [5.74, 6) is 1.08. The Kier molecular flexibility index (Phi) is 6.29. The number of carbonyl (C=O) groups is 1. The molecule has 0 aromatic heterocycles. The van der Waals surface area contributed by atoms with Crippen LogP contribution in [0.1, 0.15) is 25.3 Å². The van der Waals surface area contributed by atoms with Crippen LogP contribution in [0.25, 0.3) is 0 Å². The number of ether oxygens (including phenoxy) is 1. The first-order chi connectivity index (χ1) is 11.1. The molecule has 0 aliphatic rings. The number of rotatable bonds is 6. The summed E-state index contributed by atoms with van der Waals surface area (Å²) in [5.41, 5.74) is 2.00. The third kappa shape index (κ3) is 5.49. The van der Waals surface area contributed by atoms with Crippen LogP contribution < -0.4 is 15.4 Å². The summed E-state index contributed by atoms with van der Waals surface area (Å²) >= 11 is 5.98. The molecule has 0 saturated carbocycles. The van der Waals surface area contributed by atoms with Gasteiger partial charge in [0.2, 0.25) is 0 Å².